The molecule has 10 heteroatoms. The van der Waals surface area contributed by atoms with Crippen LogP contribution in [0.5, 0.6) is 5.75 Å². The van der Waals surface area contributed by atoms with Crippen molar-refractivity contribution >= 4 is 50.0 Å². The Bertz CT molecular complexity index is 1030. The largest absolute Gasteiger partial charge is 0.748 e. The van der Waals surface area contributed by atoms with Crippen molar-refractivity contribution in [3.63, 3.8) is 0 Å². The summed E-state index contributed by atoms with van der Waals surface area (Å²) in [4.78, 5) is 15.7. The van der Waals surface area contributed by atoms with E-state index in [1.807, 2.05) is 6.92 Å². The molecule has 0 aromatic heterocycles. The summed E-state index contributed by atoms with van der Waals surface area (Å²) < 4.78 is 39.4. The number of thiocarbonyl (C=S) groups is 1. The molecule has 0 unspecified atom stereocenters. The maximum atomic E-state index is 12.1. The highest BCUT2D eigenvalue weighted by atomic mass is 32.2. The van der Waals surface area contributed by atoms with E-state index < -0.39 is 15.9 Å². The first-order valence-electron chi connectivity index (χ1n) is 8.24. The van der Waals surface area contributed by atoms with Gasteiger partial charge in [0.05, 0.1) is 26.5 Å². The van der Waals surface area contributed by atoms with Gasteiger partial charge in [-0.15, -0.1) is 0 Å². The number of nitrogens with zero attached hydrogens (tertiary/aromatic N) is 2. The molecule has 2 aliphatic heterocycles. The molecule has 1 aromatic rings. The molecule has 1 saturated heterocycles. The third-order valence-corrected chi connectivity index (χ3v) is 6.20. The van der Waals surface area contributed by atoms with Gasteiger partial charge in [0.1, 0.15) is 4.32 Å². The standard InChI is InChI=1S/C18H18N2O5S3/c1-12(11-15-17(21)19(2)18(26)27-15)7-8-16-20(9-10-28(22,23)24)13-5-3-4-6-14(13)25-16/h3-8,11H,9-10H2,1-2H3,(H,22,23,24)/p-1. The highest BCUT2D eigenvalue weighted by molar-refractivity contribution is 8.26. The fourth-order valence-electron chi connectivity index (χ4n) is 2.61. The summed E-state index contributed by atoms with van der Waals surface area (Å²) in [5.41, 5.74) is 1.48. The third-order valence-electron chi connectivity index (χ3n) is 4.04. The van der Waals surface area contributed by atoms with Crippen molar-refractivity contribution in [3.8, 4) is 5.75 Å². The van der Waals surface area contributed by atoms with Crippen LogP contribution in [0.4, 0.5) is 5.69 Å². The van der Waals surface area contributed by atoms with E-state index in [-0.39, 0.29) is 12.5 Å². The molecule has 0 bridgehead atoms. The second-order valence-electron chi connectivity index (χ2n) is 6.14. The van der Waals surface area contributed by atoms with E-state index in [0.717, 1.165) is 5.57 Å². The van der Waals surface area contributed by atoms with Crippen molar-refractivity contribution in [2.45, 2.75) is 6.92 Å². The number of fused-ring (bicyclic) bond motifs is 1. The zero-order valence-electron chi connectivity index (χ0n) is 15.1. The van der Waals surface area contributed by atoms with E-state index >= 15 is 0 Å². The Labute approximate surface area is 173 Å². The van der Waals surface area contributed by atoms with Crippen molar-refractivity contribution in [2.24, 2.45) is 0 Å². The first kappa shape index (κ1) is 20.6. The summed E-state index contributed by atoms with van der Waals surface area (Å²) in [5, 5.41) is 0. The number of benzene rings is 1. The minimum absolute atomic E-state index is 0.0178. The fourth-order valence-corrected chi connectivity index (χ4v) is 4.25. The van der Waals surface area contributed by atoms with Gasteiger partial charge in [0, 0.05) is 13.6 Å². The molecular formula is C18H17N2O5S3-. The van der Waals surface area contributed by atoms with E-state index in [4.69, 9.17) is 17.0 Å². The summed E-state index contributed by atoms with van der Waals surface area (Å²) >= 11 is 6.34. The number of carbonyl (C=O) groups excluding carboxylic acids is 1. The predicted molar refractivity (Wildman–Crippen MR) is 112 cm³/mol. The molecule has 3 rings (SSSR count). The van der Waals surface area contributed by atoms with Crippen molar-refractivity contribution in [3.05, 3.63) is 58.9 Å². The molecule has 0 atom stereocenters. The Morgan fingerprint density at radius 2 is 2.07 bits per heavy atom. The van der Waals surface area contributed by atoms with Crippen LogP contribution < -0.4 is 9.64 Å². The number of anilines is 1. The van der Waals surface area contributed by atoms with Crippen molar-refractivity contribution in [1.82, 2.24) is 4.90 Å². The molecule has 28 heavy (non-hydrogen) atoms. The van der Waals surface area contributed by atoms with Crippen LogP contribution in [-0.2, 0) is 14.9 Å². The Morgan fingerprint density at radius 3 is 2.71 bits per heavy atom. The minimum atomic E-state index is -4.36. The van der Waals surface area contributed by atoms with Gasteiger partial charge in [-0.1, -0.05) is 42.2 Å². The van der Waals surface area contributed by atoms with E-state index in [1.54, 1.807) is 54.4 Å². The summed E-state index contributed by atoms with van der Waals surface area (Å²) in [6.07, 6.45) is 5.16. The Balaban J connectivity index is 1.84. The normalized spacial score (nSPS) is 20.3. The number of carbonyl (C=O) groups is 1. The Kier molecular flexibility index (Phi) is 5.94. The number of hydrogen-bond donors (Lipinski definition) is 0. The molecule has 148 valence electrons. The van der Waals surface area contributed by atoms with Gasteiger partial charge in [-0.05, 0) is 36.8 Å². The average Bonchev–Trinajstić information content (AvgIpc) is 3.10. The van der Waals surface area contributed by atoms with Crippen LogP contribution in [0.2, 0.25) is 0 Å². The highest BCUT2D eigenvalue weighted by Gasteiger charge is 2.28. The van der Waals surface area contributed by atoms with Gasteiger partial charge in [-0.3, -0.25) is 9.69 Å². The Hall–Kier alpha value is -2.14. The summed E-state index contributed by atoms with van der Waals surface area (Å²) in [5.74, 6) is 0.293. The summed E-state index contributed by atoms with van der Waals surface area (Å²) in [6, 6.07) is 7.16. The zero-order valence-corrected chi connectivity index (χ0v) is 17.6. The van der Waals surface area contributed by atoms with Crippen molar-refractivity contribution in [2.75, 3.05) is 24.2 Å². The Morgan fingerprint density at radius 1 is 1.36 bits per heavy atom. The van der Waals surface area contributed by atoms with E-state index in [9.17, 15) is 17.8 Å². The lowest BCUT2D eigenvalue weighted by Crippen LogP contribution is -2.27. The number of rotatable bonds is 5. The SMILES string of the molecule is CC(=CC=C1Oc2ccccc2N1CCS(=O)(=O)[O-])C=C1SC(=S)N(C)C1=O. The van der Waals surface area contributed by atoms with Gasteiger partial charge < -0.3 is 14.2 Å². The summed E-state index contributed by atoms with van der Waals surface area (Å²) in [7, 11) is -2.73. The molecule has 7 nitrogen and oxygen atoms in total. The van der Waals surface area contributed by atoms with Crippen molar-refractivity contribution < 1.29 is 22.5 Å². The maximum Gasteiger partial charge on any atom is 0.265 e. The second-order valence-corrected chi connectivity index (χ2v) is 9.34. The van der Waals surface area contributed by atoms with Crippen LogP contribution in [0.3, 0.4) is 0 Å². The van der Waals surface area contributed by atoms with Gasteiger partial charge in [0.2, 0.25) is 5.88 Å². The molecule has 0 N–H and O–H groups in total. The first-order chi connectivity index (χ1) is 13.2. The smallest absolute Gasteiger partial charge is 0.265 e. The molecule has 0 radical (unpaired) electrons. The topological polar surface area (TPSA) is 90.0 Å². The zero-order chi connectivity index (χ0) is 20.5. The van der Waals surface area contributed by atoms with Gasteiger partial charge in [0.25, 0.3) is 5.91 Å². The molecule has 1 aromatic carbocycles. The number of para-hydroxylation sites is 2. The third kappa shape index (κ3) is 4.64. The monoisotopic (exact) mass is 437 g/mol. The fraction of sp³-hybridized carbons (Fsp3) is 0.222. The number of amides is 1. The first-order valence-corrected chi connectivity index (χ1v) is 11.0. The maximum absolute atomic E-state index is 12.1. The number of thioether (sulfide) groups is 1. The van der Waals surface area contributed by atoms with E-state index in [1.165, 1.54) is 16.7 Å². The molecule has 1 fully saturated rings. The lowest BCUT2D eigenvalue weighted by Gasteiger charge is -2.19. The number of likely N-dealkylation sites (N-methyl/N-ethyl adjacent to an activating group) is 1. The van der Waals surface area contributed by atoms with Crippen LogP contribution in [0.15, 0.2) is 58.9 Å². The lowest BCUT2D eigenvalue weighted by molar-refractivity contribution is -0.121. The number of ether oxygens (including phenoxy) is 1. The molecule has 2 aliphatic rings. The molecule has 1 amide bonds. The minimum Gasteiger partial charge on any atom is -0.748 e. The molecule has 0 spiro atoms. The quantitative estimate of drug-likeness (QED) is 0.394. The molecule has 0 aliphatic carbocycles. The summed E-state index contributed by atoms with van der Waals surface area (Å²) in [6.45, 7) is 1.81. The van der Waals surface area contributed by atoms with Crippen LogP contribution >= 0.6 is 24.0 Å². The lowest BCUT2D eigenvalue weighted by atomic mass is 10.2. The number of hydrogen-bond acceptors (Lipinski definition) is 8. The van der Waals surface area contributed by atoms with Gasteiger partial charge in [0.15, 0.2) is 5.75 Å². The molecule has 0 saturated carbocycles. The van der Waals surface area contributed by atoms with Crippen LogP contribution in [-0.4, -0.2) is 47.4 Å². The van der Waals surface area contributed by atoms with Crippen LogP contribution in [0, 0.1) is 0 Å². The van der Waals surface area contributed by atoms with Gasteiger partial charge >= 0.3 is 0 Å². The molecular weight excluding hydrogens is 420 g/mol. The van der Waals surface area contributed by atoms with Crippen LogP contribution in [0.1, 0.15) is 6.92 Å². The highest BCUT2D eigenvalue weighted by Crippen LogP contribution is 2.38. The second kappa shape index (κ2) is 8.08. The van der Waals surface area contributed by atoms with E-state index in [2.05, 4.69) is 0 Å². The number of allylic oxidation sites excluding steroid dienone is 4. The predicted octanol–water partition coefficient (Wildman–Crippen LogP) is 2.59. The average molecular weight is 438 g/mol. The van der Waals surface area contributed by atoms with Gasteiger partial charge in [-0.2, -0.15) is 0 Å². The van der Waals surface area contributed by atoms with Crippen LogP contribution in [0.25, 0.3) is 0 Å². The molecule has 2 heterocycles. The van der Waals surface area contributed by atoms with E-state index in [0.29, 0.717) is 26.5 Å². The van der Waals surface area contributed by atoms with Crippen molar-refractivity contribution in [1.29, 1.82) is 0 Å². The van der Waals surface area contributed by atoms with Gasteiger partial charge in [-0.25, -0.2) is 8.42 Å².